The Labute approximate surface area is 135 Å². The predicted molar refractivity (Wildman–Crippen MR) is 86.5 cm³/mol. The van der Waals surface area contributed by atoms with Crippen LogP contribution in [0, 0.1) is 11.8 Å². The Morgan fingerprint density at radius 2 is 2.32 bits per heavy atom. The molecule has 1 aliphatic carbocycles. The molecule has 1 aromatic heterocycles. The van der Waals surface area contributed by atoms with Gasteiger partial charge in [-0.05, 0) is 30.9 Å². The molecule has 1 amide bonds. The van der Waals surface area contributed by atoms with Gasteiger partial charge in [0.05, 0.1) is 23.2 Å². The van der Waals surface area contributed by atoms with E-state index >= 15 is 0 Å². The van der Waals surface area contributed by atoms with Gasteiger partial charge in [-0.25, -0.2) is 0 Å². The number of aromatic nitrogens is 1. The molecule has 0 unspecified atom stereocenters. The van der Waals surface area contributed by atoms with Gasteiger partial charge in [0.2, 0.25) is 5.91 Å². The topological polar surface area (TPSA) is 42.4 Å². The van der Waals surface area contributed by atoms with Crippen LogP contribution in [0.25, 0.3) is 0 Å². The number of carbonyl (C=O) groups excluding carboxylic acids is 1. The molecule has 2 saturated heterocycles. The third kappa shape index (κ3) is 2.76. The average Bonchev–Trinajstić information content (AvgIpc) is 3.08. The lowest BCUT2D eigenvalue weighted by molar-refractivity contribution is -0.138. The highest BCUT2D eigenvalue weighted by Gasteiger charge is 2.53. The Hall–Kier alpha value is -1.07. The van der Waals surface area contributed by atoms with Crippen LogP contribution < -0.4 is 0 Å². The van der Waals surface area contributed by atoms with E-state index in [1.807, 2.05) is 30.0 Å². The van der Waals surface area contributed by atoms with Crippen LogP contribution in [0.1, 0.15) is 25.5 Å². The Kier molecular flexibility index (Phi) is 3.65. The standard InChI is InChI=1S/C17H22N2O2S/c1-12-6-15(12)16(20)19-10-17(11-19)7-14(9-22-17)21-8-13-4-2-3-5-18-13/h2-5,12,14-15H,6-11H2,1H3/t12-,14-,15-/m1/s1. The van der Waals surface area contributed by atoms with E-state index in [4.69, 9.17) is 4.74 Å². The van der Waals surface area contributed by atoms with Crippen molar-refractivity contribution in [2.45, 2.75) is 37.2 Å². The summed E-state index contributed by atoms with van der Waals surface area (Å²) in [6.07, 6.45) is 4.25. The number of ether oxygens (including phenoxy) is 1. The SMILES string of the molecule is C[C@@H]1C[C@H]1C(=O)N1CC2(C[C@@H](OCc3ccccn3)CS2)C1. The minimum atomic E-state index is 0.266. The highest BCUT2D eigenvalue weighted by Crippen LogP contribution is 2.48. The number of thioether (sulfide) groups is 1. The van der Waals surface area contributed by atoms with Crippen molar-refractivity contribution in [3.63, 3.8) is 0 Å². The molecule has 2 aliphatic heterocycles. The third-order valence-corrected chi connectivity index (χ3v) is 6.64. The summed E-state index contributed by atoms with van der Waals surface area (Å²) in [6.45, 7) is 4.60. The molecule has 3 atom stereocenters. The Morgan fingerprint density at radius 3 is 3.00 bits per heavy atom. The molecule has 3 fully saturated rings. The number of pyridine rings is 1. The van der Waals surface area contributed by atoms with Gasteiger partial charge in [0.1, 0.15) is 0 Å². The van der Waals surface area contributed by atoms with E-state index in [0.29, 0.717) is 30.5 Å². The molecule has 4 rings (SSSR count). The summed E-state index contributed by atoms with van der Waals surface area (Å²) >= 11 is 1.99. The molecule has 3 heterocycles. The van der Waals surface area contributed by atoms with Crippen LogP contribution in [0.15, 0.2) is 24.4 Å². The molecule has 0 N–H and O–H groups in total. The quantitative estimate of drug-likeness (QED) is 0.854. The summed E-state index contributed by atoms with van der Waals surface area (Å²) in [5, 5.41) is 0. The lowest BCUT2D eigenvalue weighted by Crippen LogP contribution is -2.61. The van der Waals surface area contributed by atoms with Crippen LogP contribution >= 0.6 is 11.8 Å². The van der Waals surface area contributed by atoms with Gasteiger partial charge in [-0.1, -0.05) is 13.0 Å². The van der Waals surface area contributed by atoms with E-state index in [0.717, 1.165) is 37.4 Å². The second-order valence-corrected chi connectivity index (χ2v) is 8.45. The minimum absolute atomic E-state index is 0.266. The minimum Gasteiger partial charge on any atom is -0.371 e. The molecule has 22 heavy (non-hydrogen) atoms. The van der Waals surface area contributed by atoms with Crippen LogP contribution in [0.4, 0.5) is 0 Å². The van der Waals surface area contributed by atoms with Gasteiger partial charge in [-0.3, -0.25) is 9.78 Å². The number of amides is 1. The Morgan fingerprint density at radius 1 is 1.50 bits per heavy atom. The maximum Gasteiger partial charge on any atom is 0.226 e. The van der Waals surface area contributed by atoms with Gasteiger partial charge < -0.3 is 9.64 Å². The van der Waals surface area contributed by atoms with Crippen molar-refractivity contribution in [3.8, 4) is 0 Å². The molecule has 5 heteroatoms. The zero-order chi connectivity index (χ0) is 15.2. The molecule has 4 nitrogen and oxygen atoms in total. The highest BCUT2D eigenvalue weighted by atomic mass is 32.2. The summed E-state index contributed by atoms with van der Waals surface area (Å²) in [5.74, 6) is 2.35. The fourth-order valence-corrected chi connectivity index (χ4v) is 5.07. The van der Waals surface area contributed by atoms with Gasteiger partial charge in [0.25, 0.3) is 0 Å². The van der Waals surface area contributed by atoms with Crippen LogP contribution in [0.2, 0.25) is 0 Å². The lowest BCUT2D eigenvalue weighted by Gasteiger charge is -2.47. The average molecular weight is 318 g/mol. The summed E-state index contributed by atoms with van der Waals surface area (Å²) in [7, 11) is 0. The number of likely N-dealkylation sites (tertiary alicyclic amines) is 1. The first kappa shape index (κ1) is 14.5. The Bertz CT molecular complexity index is 559. The number of nitrogens with zero attached hydrogens (tertiary/aromatic N) is 2. The van der Waals surface area contributed by atoms with Gasteiger partial charge in [-0.2, -0.15) is 0 Å². The summed E-state index contributed by atoms with van der Waals surface area (Å²) < 4.78 is 6.27. The Balaban J connectivity index is 1.24. The van der Waals surface area contributed by atoms with Gasteiger partial charge >= 0.3 is 0 Å². The maximum absolute atomic E-state index is 12.2. The van der Waals surface area contributed by atoms with Crippen LogP contribution in [-0.2, 0) is 16.1 Å². The fourth-order valence-electron chi connectivity index (χ4n) is 3.52. The normalized spacial score (nSPS) is 32.0. The van der Waals surface area contributed by atoms with Crippen molar-refractivity contribution >= 4 is 17.7 Å². The summed E-state index contributed by atoms with van der Waals surface area (Å²) in [4.78, 5) is 18.6. The molecular weight excluding hydrogens is 296 g/mol. The monoisotopic (exact) mass is 318 g/mol. The molecule has 0 aromatic carbocycles. The zero-order valence-corrected chi connectivity index (χ0v) is 13.7. The summed E-state index contributed by atoms with van der Waals surface area (Å²) in [6, 6.07) is 5.91. The molecule has 118 valence electrons. The van der Waals surface area contributed by atoms with Crippen molar-refractivity contribution in [3.05, 3.63) is 30.1 Å². The molecule has 0 radical (unpaired) electrons. The van der Waals surface area contributed by atoms with E-state index in [9.17, 15) is 4.79 Å². The van der Waals surface area contributed by atoms with Crippen LogP contribution in [0.3, 0.4) is 0 Å². The number of hydrogen-bond donors (Lipinski definition) is 0. The first-order valence-electron chi connectivity index (χ1n) is 8.09. The number of carbonyl (C=O) groups is 1. The molecule has 1 aromatic rings. The van der Waals surface area contributed by atoms with Gasteiger partial charge in [-0.15, -0.1) is 11.8 Å². The van der Waals surface area contributed by atoms with Crippen LogP contribution in [0.5, 0.6) is 0 Å². The van der Waals surface area contributed by atoms with Gasteiger partial charge in [0, 0.05) is 31.0 Å². The largest absolute Gasteiger partial charge is 0.371 e. The highest BCUT2D eigenvalue weighted by molar-refractivity contribution is 8.01. The second-order valence-electron chi connectivity index (χ2n) is 6.97. The smallest absolute Gasteiger partial charge is 0.226 e. The predicted octanol–water partition coefficient (Wildman–Crippen LogP) is 2.34. The van der Waals surface area contributed by atoms with Crippen molar-refractivity contribution in [1.29, 1.82) is 0 Å². The first-order valence-corrected chi connectivity index (χ1v) is 9.08. The third-order valence-electron chi connectivity index (χ3n) is 5.06. The molecule has 1 saturated carbocycles. The molecule has 3 aliphatic rings. The maximum atomic E-state index is 12.2. The van der Waals surface area contributed by atoms with Crippen molar-refractivity contribution < 1.29 is 9.53 Å². The molecule has 0 bridgehead atoms. The van der Waals surface area contributed by atoms with Crippen molar-refractivity contribution in [2.75, 3.05) is 18.8 Å². The van der Waals surface area contributed by atoms with E-state index in [1.54, 1.807) is 6.20 Å². The second kappa shape index (κ2) is 5.53. The molecule has 1 spiro atoms. The van der Waals surface area contributed by atoms with E-state index < -0.39 is 0 Å². The fraction of sp³-hybridized carbons (Fsp3) is 0.647. The van der Waals surface area contributed by atoms with Crippen LogP contribution in [-0.4, -0.2) is 45.5 Å². The lowest BCUT2D eigenvalue weighted by atomic mass is 9.92. The van der Waals surface area contributed by atoms with Gasteiger partial charge in [0.15, 0.2) is 0 Å². The van der Waals surface area contributed by atoms with E-state index in [-0.39, 0.29) is 4.75 Å². The van der Waals surface area contributed by atoms with Crippen molar-refractivity contribution in [2.24, 2.45) is 11.8 Å². The zero-order valence-electron chi connectivity index (χ0n) is 12.9. The molecular formula is C17H22N2O2S. The van der Waals surface area contributed by atoms with E-state index in [2.05, 4.69) is 16.8 Å². The first-order chi connectivity index (χ1) is 10.7. The number of rotatable bonds is 4. The van der Waals surface area contributed by atoms with E-state index in [1.165, 1.54) is 0 Å². The number of hydrogen-bond acceptors (Lipinski definition) is 4. The van der Waals surface area contributed by atoms with Crippen molar-refractivity contribution in [1.82, 2.24) is 9.88 Å². The summed E-state index contributed by atoms with van der Waals surface area (Å²) in [5.41, 5.74) is 0.988.